The molecule has 0 saturated heterocycles. The molecule has 1 aliphatic rings. The van der Waals surface area contributed by atoms with Crippen molar-refractivity contribution in [3.05, 3.63) is 54.6 Å². The Morgan fingerprint density at radius 3 is 2.67 bits per heavy atom. The lowest BCUT2D eigenvalue weighted by Crippen LogP contribution is -2.39. The Morgan fingerprint density at radius 1 is 1.28 bits per heavy atom. The summed E-state index contributed by atoms with van der Waals surface area (Å²) in [4.78, 5) is 2.40. The van der Waals surface area contributed by atoms with Crippen LogP contribution in [0.25, 0.3) is 0 Å². The van der Waals surface area contributed by atoms with Crippen molar-refractivity contribution < 1.29 is 5.11 Å². The van der Waals surface area contributed by atoms with Crippen molar-refractivity contribution in [3.8, 4) is 5.75 Å². The second kappa shape index (κ2) is 5.87. The molecule has 0 bridgehead atoms. The second-order valence-corrected chi connectivity index (χ2v) is 4.84. The van der Waals surface area contributed by atoms with E-state index in [1.54, 1.807) is 6.07 Å². The molecule has 1 atom stereocenters. The van der Waals surface area contributed by atoms with Crippen LogP contribution in [0.2, 0.25) is 0 Å². The number of nitrogens with zero attached hydrogens (tertiary/aromatic N) is 1. The van der Waals surface area contributed by atoms with Crippen LogP contribution in [0, 0.1) is 0 Å². The Hall–Kier alpha value is -1.54. The molecule has 1 aromatic rings. The summed E-state index contributed by atoms with van der Waals surface area (Å²) in [5.41, 5.74) is 2.41. The molecule has 0 aliphatic heterocycles. The summed E-state index contributed by atoms with van der Waals surface area (Å²) in [7, 11) is 0. The zero-order chi connectivity index (χ0) is 13.0. The monoisotopic (exact) mass is 243 g/mol. The van der Waals surface area contributed by atoms with E-state index in [9.17, 15) is 5.11 Å². The number of hydrogen-bond acceptors (Lipinski definition) is 2. The second-order valence-electron chi connectivity index (χ2n) is 4.84. The molecule has 0 radical (unpaired) electrons. The highest BCUT2D eigenvalue weighted by molar-refractivity contribution is 5.41. The molecule has 0 fully saturated rings. The van der Waals surface area contributed by atoms with Crippen LogP contribution < -0.4 is 0 Å². The van der Waals surface area contributed by atoms with Gasteiger partial charge in [0.05, 0.1) is 0 Å². The van der Waals surface area contributed by atoms with Crippen LogP contribution in [0.15, 0.2) is 43.5 Å². The van der Waals surface area contributed by atoms with Crippen LogP contribution in [0.5, 0.6) is 5.75 Å². The maximum Gasteiger partial charge on any atom is 0.119 e. The van der Waals surface area contributed by atoms with Crippen LogP contribution >= 0.6 is 0 Å². The smallest absolute Gasteiger partial charge is 0.119 e. The summed E-state index contributed by atoms with van der Waals surface area (Å²) in [5, 5.41) is 9.84. The first-order chi connectivity index (χ1) is 8.76. The molecular formula is C16H21NO. The maximum absolute atomic E-state index is 9.84. The van der Waals surface area contributed by atoms with Crippen LogP contribution in [0.1, 0.15) is 17.5 Å². The summed E-state index contributed by atoms with van der Waals surface area (Å²) in [5.74, 6) is 0.449. The number of rotatable bonds is 5. The van der Waals surface area contributed by atoms with Gasteiger partial charge in [-0.05, 0) is 36.5 Å². The van der Waals surface area contributed by atoms with Crippen molar-refractivity contribution in [3.63, 3.8) is 0 Å². The lowest BCUT2D eigenvalue weighted by molar-refractivity contribution is 0.219. The largest absolute Gasteiger partial charge is 0.508 e. The van der Waals surface area contributed by atoms with Gasteiger partial charge in [0.25, 0.3) is 0 Å². The zero-order valence-corrected chi connectivity index (χ0v) is 10.8. The molecule has 0 heterocycles. The van der Waals surface area contributed by atoms with E-state index in [0.29, 0.717) is 11.8 Å². The number of hydrogen-bond donors (Lipinski definition) is 1. The minimum atomic E-state index is 0.449. The summed E-state index contributed by atoms with van der Waals surface area (Å²) >= 11 is 0. The van der Waals surface area contributed by atoms with E-state index in [2.05, 4.69) is 24.1 Å². The molecule has 0 saturated carbocycles. The molecule has 96 valence electrons. The predicted molar refractivity (Wildman–Crippen MR) is 75.9 cm³/mol. The molecule has 2 rings (SSSR count). The molecular weight excluding hydrogens is 222 g/mol. The lowest BCUT2D eigenvalue weighted by atomic mass is 9.87. The molecule has 0 aromatic heterocycles. The lowest BCUT2D eigenvalue weighted by Gasteiger charge is -2.34. The van der Waals surface area contributed by atoms with Gasteiger partial charge in [-0.15, -0.1) is 13.2 Å². The van der Waals surface area contributed by atoms with Crippen molar-refractivity contribution in [1.29, 1.82) is 0 Å². The average Bonchev–Trinajstić information content (AvgIpc) is 2.38. The number of phenols is 1. The fourth-order valence-corrected chi connectivity index (χ4v) is 2.78. The van der Waals surface area contributed by atoms with Crippen molar-refractivity contribution >= 4 is 0 Å². The Morgan fingerprint density at radius 2 is 2.00 bits per heavy atom. The molecule has 0 amide bonds. The number of aromatic hydroxyl groups is 1. The minimum Gasteiger partial charge on any atom is -0.508 e. The molecule has 2 nitrogen and oxygen atoms in total. The van der Waals surface area contributed by atoms with E-state index in [4.69, 9.17) is 0 Å². The molecule has 1 aliphatic carbocycles. The topological polar surface area (TPSA) is 23.5 Å². The van der Waals surface area contributed by atoms with Gasteiger partial charge in [-0.1, -0.05) is 24.3 Å². The van der Waals surface area contributed by atoms with E-state index in [-0.39, 0.29) is 0 Å². The Balaban J connectivity index is 2.15. The van der Waals surface area contributed by atoms with Crippen LogP contribution in [0.3, 0.4) is 0 Å². The van der Waals surface area contributed by atoms with Crippen LogP contribution in [-0.4, -0.2) is 29.1 Å². The standard InChI is InChI=1S/C16H21NO/c1-3-10-17(11-4-2)14-8-9-15-13(12-14)6-5-7-16(15)18/h3-7,14,18H,1-2,8-12H2. The molecule has 1 N–H and O–H groups in total. The van der Waals surface area contributed by atoms with Gasteiger partial charge >= 0.3 is 0 Å². The summed E-state index contributed by atoms with van der Waals surface area (Å²) in [6, 6.07) is 6.36. The summed E-state index contributed by atoms with van der Waals surface area (Å²) in [6.07, 6.45) is 6.94. The Kier molecular flexibility index (Phi) is 4.21. The normalized spacial score (nSPS) is 18.4. The van der Waals surface area contributed by atoms with Gasteiger partial charge in [0.1, 0.15) is 5.75 Å². The quantitative estimate of drug-likeness (QED) is 0.804. The van der Waals surface area contributed by atoms with E-state index < -0.39 is 0 Å². The fraction of sp³-hybridized carbons (Fsp3) is 0.375. The zero-order valence-electron chi connectivity index (χ0n) is 10.8. The molecule has 0 spiro atoms. The van der Waals surface area contributed by atoms with Crippen molar-refractivity contribution in [1.82, 2.24) is 4.90 Å². The summed E-state index contributed by atoms with van der Waals surface area (Å²) in [6.45, 7) is 9.43. The Labute approximate surface area is 109 Å². The SMILES string of the molecule is C=CCN(CC=C)C1CCc2c(O)cccc2C1. The van der Waals surface area contributed by atoms with Gasteiger partial charge in [0, 0.05) is 19.1 Å². The first-order valence-electron chi connectivity index (χ1n) is 6.51. The maximum atomic E-state index is 9.84. The van der Waals surface area contributed by atoms with Crippen molar-refractivity contribution in [2.24, 2.45) is 0 Å². The van der Waals surface area contributed by atoms with Gasteiger partial charge in [-0.25, -0.2) is 0 Å². The molecule has 1 aromatic carbocycles. The predicted octanol–water partition coefficient (Wildman–Crippen LogP) is 2.92. The highest BCUT2D eigenvalue weighted by Gasteiger charge is 2.24. The third-order valence-corrected chi connectivity index (χ3v) is 3.68. The number of phenolic OH excluding ortho intramolecular Hbond substituents is 1. The van der Waals surface area contributed by atoms with E-state index >= 15 is 0 Å². The Bertz CT molecular complexity index is 429. The number of fused-ring (bicyclic) bond motifs is 1. The van der Waals surface area contributed by atoms with Gasteiger partial charge in [0.15, 0.2) is 0 Å². The highest BCUT2D eigenvalue weighted by atomic mass is 16.3. The van der Waals surface area contributed by atoms with Crippen LogP contribution in [-0.2, 0) is 12.8 Å². The van der Waals surface area contributed by atoms with Gasteiger partial charge < -0.3 is 5.11 Å². The highest BCUT2D eigenvalue weighted by Crippen LogP contribution is 2.30. The average molecular weight is 243 g/mol. The third kappa shape index (κ3) is 2.65. The van der Waals surface area contributed by atoms with Crippen molar-refractivity contribution in [2.75, 3.05) is 13.1 Å². The third-order valence-electron chi connectivity index (χ3n) is 3.68. The fourth-order valence-electron chi connectivity index (χ4n) is 2.78. The van der Waals surface area contributed by atoms with E-state index in [1.165, 1.54) is 5.56 Å². The first kappa shape index (κ1) is 12.9. The van der Waals surface area contributed by atoms with Gasteiger partial charge in [-0.3, -0.25) is 4.90 Å². The first-order valence-corrected chi connectivity index (χ1v) is 6.51. The molecule has 2 heteroatoms. The van der Waals surface area contributed by atoms with Gasteiger partial charge in [0.2, 0.25) is 0 Å². The van der Waals surface area contributed by atoms with Crippen molar-refractivity contribution in [2.45, 2.75) is 25.3 Å². The molecule has 1 unspecified atom stereocenters. The number of benzene rings is 1. The van der Waals surface area contributed by atoms with Gasteiger partial charge in [-0.2, -0.15) is 0 Å². The minimum absolute atomic E-state index is 0.449. The molecule has 18 heavy (non-hydrogen) atoms. The van der Waals surface area contributed by atoms with Crippen LogP contribution in [0.4, 0.5) is 0 Å². The summed E-state index contributed by atoms with van der Waals surface area (Å²) < 4.78 is 0. The van der Waals surface area contributed by atoms with E-state index in [1.807, 2.05) is 18.2 Å². The van der Waals surface area contributed by atoms with E-state index in [0.717, 1.165) is 37.9 Å².